The molecule has 13 heavy (non-hydrogen) atoms. The summed E-state index contributed by atoms with van der Waals surface area (Å²) in [6.45, 7) is 4.18. The van der Waals surface area contributed by atoms with Gasteiger partial charge < -0.3 is 5.73 Å². The predicted molar refractivity (Wildman–Crippen MR) is 58.5 cm³/mol. The Morgan fingerprint density at radius 1 is 1.62 bits per heavy atom. The molecule has 0 fully saturated rings. The van der Waals surface area contributed by atoms with Crippen LogP contribution in [0.15, 0.2) is 16.7 Å². The topological polar surface area (TPSA) is 38.9 Å². The molecule has 0 radical (unpaired) electrons. The molecule has 1 heterocycles. The van der Waals surface area contributed by atoms with Gasteiger partial charge in [-0.3, -0.25) is 4.98 Å². The third kappa shape index (κ3) is 2.78. The van der Waals surface area contributed by atoms with E-state index in [2.05, 4.69) is 27.8 Å². The molecule has 1 atom stereocenters. The Hall–Kier alpha value is -0.410. The summed E-state index contributed by atoms with van der Waals surface area (Å²) in [5.74, 6) is 0. The fraction of sp³-hybridized carbons (Fsp3) is 0.500. The predicted octanol–water partition coefficient (Wildman–Crippen LogP) is 2.95. The largest absolute Gasteiger partial charge is 0.323 e. The van der Waals surface area contributed by atoms with E-state index in [1.165, 1.54) is 5.56 Å². The summed E-state index contributed by atoms with van der Waals surface area (Å²) in [5.41, 5.74) is 8.13. The lowest BCUT2D eigenvalue weighted by Crippen LogP contribution is -2.11. The first-order valence-electron chi connectivity index (χ1n) is 4.52. The van der Waals surface area contributed by atoms with Crippen molar-refractivity contribution in [1.29, 1.82) is 0 Å². The second-order valence-electron chi connectivity index (χ2n) is 3.25. The van der Waals surface area contributed by atoms with Crippen LogP contribution in [-0.4, -0.2) is 4.98 Å². The lowest BCUT2D eigenvalue weighted by molar-refractivity contribution is 0.621. The van der Waals surface area contributed by atoms with Crippen LogP contribution in [0.5, 0.6) is 0 Å². The lowest BCUT2D eigenvalue weighted by Gasteiger charge is -2.10. The maximum absolute atomic E-state index is 5.95. The molecule has 3 heteroatoms. The molecule has 0 saturated carbocycles. The zero-order chi connectivity index (χ0) is 9.84. The molecular formula is C10H15BrN2. The standard InChI is InChI=1S/C10H15BrN2/c1-3-4-9(12)10-5-7(2)8(11)6-13-10/h5-6,9H,3-4,12H2,1-2H3/t9-/m0/s1. The molecule has 0 bridgehead atoms. The smallest absolute Gasteiger partial charge is 0.0574 e. The number of rotatable bonds is 3. The summed E-state index contributed by atoms with van der Waals surface area (Å²) in [7, 11) is 0. The van der Waals surface area contributed by atoms with Crippen molar-refractivity contribution in [3.8, 4) is 0 Å². The summed E-state index contributed by atoms with van der Waals surface area (Å²) >= 11 is 3.41. The first kappa shape index (κ1) is 10.7. The lowest BCUT2D eigenvalue weighted by atomic mass is 10.1. The Labute approximate surface area is 87.7 Å². The van der Waals surface area contributed by atoms with Crippen LogP contribution in [0.4, 0.5) is 0 Å². The van der Waals surface area contributed by atoms with E-state index < -0.39 is 0 Å². The van der Waals surface area contributed by atoms with Crippen molar-refractivity contribution in [2.75, 3.05) is 0 Å². The third-order valence-corrected chi connectivity index (χ3v) is 2.88. The number of halogens is 1. The number of nitrogens with zero attached hydrogens (tertiary/aromatic N) is 1. The van der Waals surface area contributed by atoms with E-state index >= 15 is 0 Å². The summed E-state index contributed by atoms with van der Waals surface area (Å²) in [6, 6.07) is 2.13. The van der Waals surface area contributed by atoms with Crippen molar-refractivity contribution >= 4 is 15.9 Å². The molecular weight excluding hydrogens is 228 g/mol. The van der Waals surface area contributed by atoms with Crippen LogP contribution in [0.3, 0.4) is 0 Å². The molecule has 0 aliphatic rings. The van der Waals surface area contributed by atoms with Crippen LogP contribution < -0.4 is 5.73 Å². The van der Waals surface area contributed by atoms with Crippen molar-refractivity contribution in [2.24, 2.45) is 5.73 Å². The fourth-order valence-corrected chi connectivity index (χ4v) is 1.44. The zero-order valence-electron chi connectivity index (χ0n) is 8.05. The highest BCUT2D eigenvalue weighted by Crippen LogP contribution is 2.19. The van der Waals surface area contributed by atoms with E-state index in [9.17, 15) is 0 Å². The van der Waals surface area contributed by atoms with Crippen LogP contribution in [0.25, 0.3) is 0 Å². The van der Waals surface area contributed by atoms with Crippen molar-refractivity contribution < 1.29 is 0 Å². The zero-order valence-corrected chi connectivity index (χ0v) is 9.63. The maximum atomic E-state index is 5.95. The third-order valence-electron chi connectivity index (χ3n) is 2.05. The molecule has 2 N–H and O–H groups in total. The van der Waals surface area contributed by atoms with E-state index in [0.29, 0.717) is 0 Å². The Balaban J connectivity index is 2.84. The van der Waals surface area contributed by atoms with Gasteiger partial charge in [0.2, 0.25) is 0 Å². The van der Waals surface area contributed by atoms with Gasteiger partial charge >= 0.3 is 0 Å². The number of pyridine rings is 1. The fourth-order valence-electron chi connectivity index (χ4n) is 1.22. The Morgan fingerprint density at radius 3 is 2.85 bits per heavy atom. The van der Waals surface area contributed by atoms with Crippen LogP contribution >= 0.6 is 15.9 Å². The molecule has 0 saturated heterocycles. The van der Waals surface area contributed by atoms with Crippen LogP contribution in [0.1, 0.15) is 37.1 Å². The first-order chi connectivity index (χ1) is 6.15. The van der Waals surface area contributed by atoms with E-state index in [0.717, 1.165) is 23.0 Å². The highest BCUT2D eigenvalue weighted by atomic mass is 79.9. The van der Waals surface area contributed by atoms with Crippen molar-refractivity contribution in [3.05, 3.63) is 28.0 Å². The van der Waals surface area contributed by atoms with Gasteiger partial charge in [-0.1, -0.05) is 13.3 Å². The van der Waals surface area contributed by atoms with Crippen LogP contribution in [0, 0.1) is 6.92 Å². The summed E-state index contributed by atoms with van der Waals surface area (Å²) in [6.07, 6.45) is 3.91. The molecule has 0 aliphatic carbocycles. The van der Waals surface area contributed by atoms with E-state index in [1.54, 1.807) is 0 Å². The van der Waals surface area contributed by atoms with Gasteiger partial charge in [-0.05, 0) is 40.9 Å². The van der Waals surface area contributed by atoms with Gasteiger partial charge in [-0.15, -0.1) is 0 Å². The first-order valence-corrected chi connectivity index (χ1v) is 5.32. The molecule has 0 unspecified atom stereocenters. The number of aryl methyl sites for hydroxylation is 1. The van der Waals surface area contributed by atoms with Gasteiger partial charge in [-0.25, -0.2) is 0 Å². The van der Waals surface area contributed by atoms with Crippen LogP contribution in [0.2, 0.25) is 0 Å². The van der Waals surface area contributed by atoms with Crippen molar-refractivity contribution in [1.82, 2.24) is 4.98 Å². The quantitative estimate of drug-likeness (QED) is 0.886. The summed E-state index contributed by atoms with van der Waals surface area (Å²) in [5, 5.41) is 0. The normalized spacial score (nSPS) is 12.9. The van der Waals surface area contributed by atoms with E-state index in [1.807, 2.05) is 19.2 Å². The van der Waals surface area contributed by atoms with Gasteiger partial charge in [0.25, 0.3) is 0 Å². The molecule has 72 valence electrons. The molecule has 1 rings (SSSR count). The summed E-state index contributed by atoms with van der Waals surface area (Å²) < 4.78 is 1.04. The van der Waals surface area contributed by atoms with Crippen molar-refractivity contribution in [3.63, 3.8) is 0 Å². The second kappa shape index (κ2) is 4.72. The van der Waals surface area contributed by atoms with Gasteiger partial charge in [0.1, 0.15) is 0 Å². The highest BCUT2D eigenvalue weighted by Gasteiger charge is 2.07. The monoisotopic (exact) mass is 242 g/mol. The molecule has 0 aliphatic heterocycles. The van der Waals surface area contributed by atoms with Gasteiger partial charge in [-0.2, -0.15) is 0 Å². The number of hydrogen-bond donors (Lipinski definition) is 1. The van der Waals surface area contributed by atoms with Crippen molar-refractivity contribution in [2.45, 2.75) is 32.7 Å². The molecule has 0 spiro atoms. The Morgan fingerprint density at radius 2 is 2.31 bits per heavy atom. The van der Waals surface area contributed by atoms with Gasteiger partial charge in [0, 0.05) is 16.7 Å². The number of aromatic nitrogens is 1. The summed E-state index contributed by atoms with van der Waals surface area (Å²) in [4.78, 5) is 4.29. The number of hydrogen-bond acceptors (Lipinski definition) is 2. The Kier molecular flexibility index (Phi) is 3.88. The minimum absolute atomic E-state index is 0.0804. The maximum Gasteiger partial charge on any atom is 0.0574 e. The Bertz CT molecular complexity index is 286. The van der Waals surface area contributed by atoms with Gasteiger partial charge in [0.05, 0.1) is 5.69 Å². The van der Waals surface area contributed by atoms with Gasteiger partial charge in [0.15, 0.2) is 0 Å². The highest BCUT2D eigenvalue weighted by molar-refractivity contribution is 9.10. The van der Waals surface area contributed by atoms with E-state index in [4.69, 9.17) is 5.73 Å². The average Bonchev–Trinajstić information content (AvgIpc) is 2.10. The number of nitrogens with two attached hydrogens (primary N) is 1. The molecule has 0 amide bonds. The SMILES string of the molecule is CCC[C@H](N)c1cc(C)c(Br)cn1. The van der Waals surface area contributed by atoms with E-state index in [-0.39, 0.29) is 6.04 Å². The average molecular weight is 243 g/mol. The molecule has 1 aromatic heterocycles. The second-order valence-corrected chi connectivity index (χ2v) is 4.11. The minimum Gasteiger partial charge on any atom is -0.323 e. The minimum atomic E-state index is 0.0804. The molecule has 1 aromatic rings. The van der Waals surface area contributed by atoms with Crippen LogP contribution in [-0.2, 0) is 0 Å². The molecule has 0 aromatic carbocycles. The molecule has 2 nitrogen and oxygen atoms in total.